The second-order valence-corrected chi connectivity index (χ2v) is 14.0. The second-order valence-electron chi connectivity index (χ2n) is 9.25. The Labute approximate surface area is 292 Å². The second kappa shape index (κ2) is 16.8. The Balaban J connectivity index is 0.000000352. The van der Waals surface area contributed by atoms with Crippen LogP contribution < -0.4 is 24.2 Å². The number of ether oxygens (including phenoxy) is 4. The maximum atomic E-state index is 12.7. The molecule has 0 aliphatic carbocycles. The molecule has 0 aliphatic heterocycles. The maximum Gasteiger partial charge on any atom is 0.416 e. The minimum atomic E-state index is -4.60. The summed E-state index contributed by atoms with van der Waals surface area (Å²) in [5.41, 5.74) is -1.12. The van der Waals surface area contributed by atoms with Gasteiger partial charge in [0.2, 0.25) is 27.7 Å². The number of carbonyl (C=O) groups excluding carboxylic acids is 2. The zero-order chi connectivity index (χ0) is 38.2. The van der Waals surface area contributed by atoms with Crippen molar-refractivity contribution in [3.05, 3.63) is 63.6 Å². The number of hydrogen-bond donors (Lipinski definition) is 3. The molecule has 0 spiro atoms. The summed E-state index contributed by atoms with van der Waals surface area (Å²) in [6.07, 6.45) is -5.29. The average Bonchev–Trinajstić information content (AvgIpc) is 3.01. The van der Waals surface area contributed by atoms with E-state index in [9.17, 15) is 44.4 Å². The van der Waals surface area contributed by atoms with E-state index in [1.807, 2.05) is 5.32 Å². The summed E-state index contributed by atoms with van der Waals surface area (Å²) in [6.45, 7) is 1.16. The topological polar surface area (TPSA) is 230 Å². The van der Waals surface area contributed by atoms with Gasteiger partial charge in [-0.1, -0.05) is 26.9 Å². The normalized spacial score (nSPS) is 12.1. The molecule has 2 aromatic carbocycles. The van der Waals surface area contributed by atoms with E-state index in [4.69, 9.17) is 47.3 Å². The van der Waals surface area contributed by atoms with Gasteiger partial charge in [-0.05, 0) is 43.3 Å². The number of nitrogens with zero attached hydrogens (tertiary/aromatic N) is 3. The van der Waals surface area contributed by atoms with Crippen molar-refractivity contribution >= 4 is 67.4 Å². The van der Waals surface area contributed by atoms with Gasteiger partial charge in [0, 0.05) is 7.05 Å². The molecule has 1 atom stereocenters. The predicted molar refractivity (Wildman–Crippen MR) is 169 cm³/mol. The largest absolute Gasteiger partial charge is 0.481 e. The number of carboxylic acid groups (broad SMARTS) is 1. The summed E-state index contributed by atoms with van der Waals surface area (Å²) in [5.74, 6) is -2.58. The number of halogens is 5. The van der Waals surface area contributed by atoms with Crippen LogP contribution in [0.2, 0.25) is 10.0 Å². The Morgan fingerprint density at radius 1 is 0.940 bits per heavy atom. The van der Waals surface area contributed by atoms with Gasteiger partial charge in [0.1, 0.15) is 11.5 Å². The molecule has 0 saturated carbocycles. The third-order valence-electron chi connectivity index (χ3n) is 5.63. The summed E-state index contributed by atoms with van der Waals surface area (Å²) in [5, 5.41) is 10.5. The Kier molecular flexibility index (Phi) is 14.0. The molecule has 3 N–H and O–H groups in total. The molecule has 1 aromatic heterocycles. The molecule has 0 bridgehead atoms. The Morgan fingerprint density at radius 2 is 1.52 bits per heavy atom. The Hall–Kier alpha value is -4.64. The van der Waals surface area contributed by atoms with Crippen LogP contribution in [0, 0.1) is 0 Å². The first-order valence-corrected chi connectivity index (χ1v) is 17.1. The quantitative estimate of drug-likeness (QED) is 0.232. The molecule has 3 rings (SSSR count). The van der Waals surface area contributed by atoms with Crippen LogP contribution in [0.5, 0.6) is 23.3 Å². The Bertz CT molecular complexity index is 1950. The number of aromatic nitrogens is 2. The SMILES string of the molecule is COc1cc(OC)nc(NC(=O)NS(=O)(=O)N(C)S(C)(=O)=O)n1.C[C@H](OC(=O)c1cc(Oc2ccc(C(F)(F)F)cc2Cl)ccc1Cl)C(=O)O. The van der Waals surface area contributed by atoms with E-state index in [0.717, 1.165) is 32.2 Å². The van der Waals surface area contributed by atoms with Crippen molar-refractivity contribution in [1.29, 1.82) is 0 Å². The van der Waals surface area contributed by atoms with Crippen molar-refractivity contribution in [2.45, 2.75) is 19.2 Å². The summed E-state index contributed by atoms with van der Waals surface area (Å²) >= 11 is 11.7. The van der Waals surface area contributed by atoms with E-state index in [0.29, 0.717) is 12.3 Å². The van der Waals surface area contributed by atoms with Crippen LogP contribution in [-0.4, -0.2) is 87.2 Å². The van der Waals surface area contributed by atoms with Crippen LogP contribution >= 0.6 is 23.2 Å². The number of methoxy groups -OCH3 is 2. The number of sulfonamides is 1. The summed E-state index contributed by atoms with van der Waals surface area (Å²) in [4.78, 5) is 42.0. The minimum Gasteiger partial charge on any atom is -0.481 e. The van der Waals surface area contributed by atoms with Crippen molar-refractivity contribution in [3.63, 3.8) is 0 Å². The van der Waals surface area contributed by atoms with Gasteiger partial charge < -0.3 is 24.1 Å². The lowest BCUT2D eigenvalue weighted by Gasteiger charge is -2.15. The molecule has 1 heterocycles. The highest BCUT2D eigenvalue weighted by Crippen LogP contribution is 2.37. The first-order chi connectivity index (χ1) is 23.0. The first kappa shape index (κ1) is 41.5. The van der Waals surface area contributed by atoms with Crippen LogP contribution in [-0.2, 0) is 35.9 Å². The number of hydrogen-bond acceptors (Lipinski definition) is 13. The van der Waals surface area contributed by atoms with Gasteiger partial charge in [-0.2, -0.15) is 31.6 Å². The zero-order valence-electron chi connectivity index (χ0n) is 26.1. The third kappa shape index (κ3) is 12.0. The number of nitrogens with one attached hydrogen (secondary N) is 2. The van der Waals surface area contributed by atoms with Gasteiger partial charge in [0.15, 0.2) is 6.10 Å². The van der Waals surface area contributed by atoms with E-state index < -0.39 is 56.0 Å². The standard InChI is InChI=1S/C17H11Cl2F3O5.C9H15N5O7S2/c1-8(15(23)24)26-16(25)11-7-10(3-4-12(11)18)27-14-5-2-9(6-13(14)19)17(20,21)22;1-14(22(4,16)17)23(18,19)13-9(15)12-8-10-6(20-2)5-7(11-8)21-3/h2-8H,1H3,(H,23,24);5H,1-4H3,(H2,10,11,12,13,15)/t8-;/m0./s1. The third-order valence-corrected chi connectivity index (χ3v) is 9.71. The molecule has 17 nitrogen and oxygen atoms in total. The van der Waals surface area contributed by atoms with Gasteiger partial charge in [-0.3, -0.25) is 5.32 Å². The molecule has 274 valence electrons. The number of alkyl halides is 3. The summed E-state index contributed by atoms with van der Waals surface area (Å²) in [6, 6.07) is 6.40. The summed E-state index contributed by atoms with van der Waals surface area (Å²) < 4.78 is 105. The predicted octanol–water partition coefficient (Wildman–Crippen LogP) is 4.19. The minimum absolute atomic E-state index is 0.00654. The van der Waals surface area contributed by atoms with Crippen molar-refractivity contribution in [1.82, 2.24) is 18.4 Å². The van der Waals surface area contributed by atoms with Crippen LogP contribution in [0.4, 0.5) is 23.9 Å². The van der Waals surface area contributed by atoms with Crippen LogP contribution in [0.15, 0.2) is 42.5 Å². The van der Waals surface area contributed by atoms with E-state index in [2.05, 4.69) is 9.97 Å². The van der Waals surface area contributed by atoms with Gasteiger partial charge in [-0.15, -0.1) is 0 Å². The molecule has 2 amide bonds. The molecule has 0 unspecified atom stereocenters. The fourth-order valence-electron chi connectivity index (χ4n) is 3.04. The Morgan fingerprint density at radius 3 is 2.00 bits per heavy atom. The van der Waals surface area contributed by atoms with Crippen molar-refractivity contribution in [2.24, 2.45) is 0 Å². The number of esters is 1. The van der Waals surface area contributed by atoms with Crippen molar-refractivity contribution in [3.8, 4) is 23.3 Å². The molecule has 0 fully saturated rings. The molecule has 50 heavy (non-hydrogen) atoms. The highest BCUT2D eigenvalue weighted by molar-refractivity contribution is 8.03. The van der Waals surface area contributed by atoms with Crippen LogP contribution in [0.1, 0.15) is 22.8 Å². The highest BCUT2D eigenvalue weighted by atomic mass is 35.5. The fourth-order valence-corrected chi connectivity index (χ4v) is 5.41. The lowest BCUT2D eigenvalue weighted by atomic mass is 10.2. The number of carboxylic acids is 1. The lowest BCUT2D eigenvalue weighted by Crippen LogP contribution is -2.45. The van der Waals surface area contributed by atoms with Gasteiger partial charge in [0.25, 0.3) is 0 Å². The van der Waals surface area contributed by atoms with Crippen LogP contribution in [0.3, 0.4) is 0 Å². The fraction of sp³-hybridized carbons (Fsp3) is 0.269. The molecular formula is C26H26Cl2F3N5O12S2. The molecular weight excluding hydrogens is 766 g/mol. The number of amides is 2. The van der Waals surface area contributed by atoms with E-state index >= 15 is 0 Å². The molecule has 0 radical (unpaired) electrons. The molecule has 24 heteroatoms. The number of urea groups is 1. The average molecular weight is 793 g/mol. The van der Waals surface area contributed by atoms with Gasteiger partial charge in [-0.25, -0.2) is 27.5 Å². The van der Waals surface area contributed by atoms with E-state index in [-0.39, 0.29) is 48.5 Å². The number of aliphatic carboxylic acids is 1. The molecule has 0 saturated heterocycles. The molecule has 0 aliphatic rings. The van der Waals surface area contributed by atoms with Crippen molar-refractivity contribution < 1.29 is 68.4 Å². The van der Waals surface area contributed by atoms with E-state index in [1.165, 1.54) is 37.1 Å². The van der Waals surface area contributed by atoms with Gasteiger partial charge in [0.05, 0.1) is 47.7 Å². The number of anilines is 1. The smallest absolute Gasteiger partial charge is 0.416 e. The number of rotatable bonds is 11. The monoisotopic (exact) mass is 791 g/mol. The molecule has 3 aromatic rings. The lowest BCUT2D eigenvalue weighted by molar-refractivity contribution is -0.146. The van der Waals surface area contributed by atoms with Crippen LogP contribution in [0.25, 0.3) is 0 Å². The van der Waals surface area contributed by atoms with Gasteiger partial charge >= 0.3 is 34.4 Å². The van der Waals surface area contributed by atoms with Crippen molar-refractivity contribution in [2.75, 3.05) is 32.8 Å². The van der Waals surface area contributed by atoms with E-state index in [1.54, 1.807) is 0 Å². The maximum absolute atomic E-state index is 12.7. The zero-order valence-corrected chi connectivity index (χ0v) is 29.2. The number of benzene rings is 2. The summed E-state index contributed by atoms with van der Waals surface area (Å²) in [7, 11) is -5.27. The first-order valence-electron chi connectivity index (χ1n) is 13.0. The highest BCUT2D eigenvalue weighted by Gasteiger charge is 2.31. The number of carbonyl (C=O) groups is 3.